The zero-order valence-electron chi connectivity index (χ0n) is 25.2. The van der Waals surface area contributed by atoms with Gasteiger partial charge in [-0.2, -0.15) is 43.2 Å². The lowest BCUT2D eigenvalue weighted by Gasteiger charge is -2.29. The van der Waals surface area contributed by atoms with E-state index in [1.807, 2.05) is 0 Å². The molecule has 0 radical (unpaired) electrons. The van der Waals surface area contributed by atoms with Crippen LogP contribution in [0.2, 0.25) is 0 Å². The molecule has 264 valence electrons. The zero-order chi connectivity index (χ0) is 35.2. The largest absolute Gasteiger partial charge is 0.462 e. The summed E-state index contributed by atoms with van der Waals surface area (Å²) in [6, 6.07) is 3.80. The number of hydrogen-bond acceptors (Lipinski definition) is 8. The number of halogens is 6. The maximum atomic E-state index is 13.9. The molecule has 0 atom stereocenters. The van der Waals surface area contributed by atoms with Gasteiger partial charge in [-0.25, -0.2) is 4.79 Å². The Bertz CT molecular complexity index is 1370. The summed E-state index contributed by atoms with van der Waals surface area (Å²) in [7, 11) is -14.0. The average Bonchev–Trinajstić information content (AvgIpc) is 2.95. The van der Waals surface area contributed by atoms with Gasteiger partial charge in [-0.15, -0.1) is 0 Å². The lowest BCUT2D eigenvalue weighted by Crippen LogP contribution is -2.61. The third-order valence-corrected chi connectivity index (χ3v) is 8.81. The second kappa shape index (κ2) is 17.9. The molecule has 0 fully saturated rings. The van der Waals surface area contributed by atoms with Crippen molar-refractivity contribution >= 4 is 32.1 Å². The molecule has 1 amide bonds. The Balaban J connectivity index is 2.30. The Labute approximate surface area is 264 Å². The lowest BCUT2D eigenvalue weighted by atomic mass is 10.1. The first-order valence-corrected chi connectivity index (χ1v) is 17.2. The molecule has 10 nitrogen and oxygen atoms in total. The highest BCUT2D eigenvalue weighted by atomic mass is 32.2. The van der Waals surface area contributed by atoms with Crippen molar-refractivity contribution < 1.29 is 66.2 Å². The van der Waals surface area contributed by atoms with Crippen LogP contribution in [0.5, 0.6) is 5.75 Å². The van der Waals surface area contributed by atoms with Gasteiger partial charge in [0.15, 0.2) is 0 Å². The molecular weight excluding hydrogens is 672 g/mol. The van der Waals surface area contributed by atoms with E-state index in [1.165, 1.54) is 0 Å². The normalized spacial score (nSPS) is 12.9. The molecule has 1 rings (SSSR count). The third kappa shape index (κ3) is 12.1. The maximum Gasteiger partial charge on any atom is 0.450 e. The standard InChI is InChI=1S/C28H39F6NO9S2/c1-21(2)25(37)43-20-12-10-8-6-4-3-5-7-9-11-13-24(36)35-19-18-22-14-16-23(17-15-22)44-46(41,42)28(33,34)26(29,30)27(31,32)45(38,39)40/h14-17H,1,3-13,18-20H2,2H3,(H,35,36)(H,38,39,40). The molecule has 0 spiro atoms. The van der Waals surface area contributed by atoms with Crippen LogP contribution in [0.3, 0.4) is 0 Å². The second-order valence-corrected chi connectivity index (χ2v) is 13.6. The zero-order valence-corrected chi connectivity index (χ0v) is 26.8. The minimum Gasteiger partial charge on any atom is -0.462 e. The van der Waals surface area contributed by atoms with Gasteiger partial charge < -0.3 is 14.2 Å². The van der Waals surface area contributed by atoms with Crippen LogP contribution in [0, 0.1) is 0 Å². The number of unbranched alkanes of at least 4 members (excludes halogenated alkanes) is 9. The number of rotatable bonds is 23. The fourth-order valence-corrected chi connectivity index (χ4v) is 5.33. The fourth-order valence-electron chi connectivity index (χ4n) is 3.90. The first-order valence-electron chi connectivity index (χ1n) is 14.4. The molecule has 0 aliphatic carbocycles. The number of carbonyl (C=O) groups is 2. The second-order valence-electron chi connectivity index (χ2n) is 10.6. The van der Waals surface area contributed by atoms with E-state index < -0.39 is 42.4 Å². The Morgan fingerprint density at radius 2 is 1.28 bits per heavy atom. The van der Waals surface area contributed by atoms with E-state index in [2.05, 4.69) is 16.1 Å². The van der Waals surface area contributed by atoms with Gasteiger partial charge in [-0.05, 0) is 43.9 Å². The minimum atomic E-state index is -7.14. The van der Waals surface area contributed by atoms with Crippen molar-refractivity contribution in [1.29, 1.82) is 0 Å². The van der Waals surface area contributed by atoms with Gasteiger partial charge in [0.25, 0.3) is 0 Å². The SMILES string of the molecule is C=C(C)C(=O)OCCCCCCCCCCCCC(=O)NCCc1ccc(OS(=O)(=O)C(F)(F)C(F)(F)C(F)(F)S(=O)(=O)O)cc1. The van der Waals surface area contributed by atoms with E-state index in [-0.39, 0.29) is 24.8 Å². The van der Waals surface area contributed by atoms with Crippen molar-refractivity contribution in [3.63, 3.8) is 0 Å². The fraction of sp³-hybridized carbons (Fsp3) is 0.643. The molecule has 0 bridgehead atoms. The van der Waals surface area contributed by atoms with Gasteiger partial charge in [0, 0.05) is 18.5 Å². The van der Waals surface area contributed by atoms with Crippen LogP contribution in [0.4, 0.5) is 26.3 Å². The average molecular weight is 712 g/mol. The number of alkyl halides is 6. The van der Waals surface area contributed by atoms with Crippen LogP contribution in [0.1, 0.15) is 83.1 Å². The van der Waals surface area contributed by atoms with Gasteiger partial charge in [0.1, 0.15) is 5.75 Å². The topological polar surface area (TPSA) is 153 Å². The smallest absolute Gasteiger partial charge is 0.450 e. The predicted octanol–water partition coefficient (Wildman–Crippen LogP) is 6.17. The summed E-state index contributed by atoms with van der Waals surface area (Å²) < 4.78 is 143. The summed E-state index contributed by atoms with van der Waals surface area (Å²) in [5.74, 6) is -8.65. The van der Waals surface area contributed by atoms with Crippen molar-refractivity contribution in [2.45, 2.75) is 100 Å². The van der Waals surface area contributed by atoms with Crippen molar-refractivity contribution in [2.24, 2.45) is 0 Å². The van der Waals surface area contributed by atoms with E-state index in [9.17, 15) is 52.8 Å². The monoisotopic (exact) mass is 711 g/mol. The molecule has 18 heteroatoms. The summed E-state index contributed by atoms with van der Waals surface area (Å²) in [6.45, 7) is 5.68. The number of amides is 1. The van der Waals surface area contributed by atoms with E-state index >= 15 is 0 Å². The van der Waals surface area contributed by atoms with Gasteiger partial charge in [-0.3, -0.25) is 9.35 Å². The Morgan fingerprint density at radius 3 is 1.76 bits per heavy atom. The van der Waals surface area contributed by atoms with E-state index in [0.717, 1.165) is 82.1 Å². The summed E-state index contributed by atoms with van der Waals surface area (Å²) in [5.41, 5.74) is 0.823. The Morgan fingerprint density at radius 1 is 0.804 bits per heavy atom. The summed E-state index contributed by atoms with van der Waals surface area (Å²) in [4.78, 5) is 23.3. The molecule has 0 unspecified atom stereocenters. The maximum absolute atomic E-state index is 13.9. The molecule has 1 aromatic carbocycles. The first kappa shape index (κ1) is 41.2. The van der Waals surface area contributed by atoms with Crippen LogP contribution < -0.4 is 9.50 Å². The number of benzene rings is 1. The Kier molecular flexibility index (Phi) is 16.0. The number of nitrogens with one attached hydrogen (secondary N) is 1. The van der Waals surface area contributed by atoms with Crippen LogP contribution in [0.25, 0.3) is 0 Å². The molecule has 0 heterocycles. The van der Waals surface area contributed by atoms with Crippen molar-refractivity contribution in [3.05, 3.63) is 42.0 Å². The quantitative estimate of drug-likeness (QED) is 0.0339. The number of carbonyl (C=O) groups excluding carboxylic acids is 2. The van der Waals surface area contributed by atoms with Crippen molar-refractivity contribution in [3.8, 4) is 5.75 Å². The van der Waals surface area contributed by atoms with Crippen molar-refractivity contribution in [1.82, 2.24) is 5.32 Å². The van der Waals surface area contributed by atoms with Crippen LogP contribution in [0.15, 0.2) is 36.4 Å². The van der Waals surface area contributed by atoms with Crippen LogP contribution in [-0.2, 0) is 41.0 Å². The van der Waals surface area contributed by atoms with Gasteiger partial charge in [0.2, 0.25) is 5.91 Å². The molecule has 1 aromatic rings. The molecule has 0 aliphatic heterocycles. The molecule has 0 aliphatic rings. The predicted molar refractivity (Wildman–Crippen MR) is 156 cm³/mol. The van der Waals surface area contributed by atoms with E-state index in [0.29, 0.717) is 30.6 Å². The van der Waals surface area contributed by atoms with Crippen LogP contribution >= 0.6 is 0 Å². The third-order valence-electron chi connectivity index (χ3n) is 6.61. The molecule has 2 N–H and O–H groups in total. The molecule has 46 heavy (non-hydrogen) atoms. The van der Waals surface area contributed by atoms with E-state index in [1.54, 1.807) is 6.92 Å². The number of hydrogen-bond donors (Lipinski definition) is 2. The summed E-state index contributed by atoms with van der Waals surface area (Å²) in [6.07, 6.45) is 10.3. The molecule has 0 aromatic heterocycles. The number of ether oxygens (including phenoxy) is 1. The van der Waals surface area contributed by atoms with Crippen LogP contribution in [-0.4, -0.2) is 62.8 Å². The van der Waals surface area contributed by atoms with E-state index in [4.69, 9.17) is 9.29 Å². The number of esters is 1. The molecule has 0 saturated carbocycles. The minimum absolute atomic E-state index is 0.155. The van der Waals surface area contributed by atoms with Gasteiger partial charge in [-0.1, -0.05) is 70.1 Å². The van der Waals surface area contributed by atoms with Gasteiger partial charge >= 0.3 is 42.6 Å². The lowest BCUT2D eigenvalue weighted by molar-refractivity contribution is -0.247. The highest BCUT2D eigenvalue weighted by molar-refractivity contribution is 7.88. The molecular formula is C28H39F6NO9S2. The summed E-state index contributed by atoms with van der Waals surface area (Å²) >= 11 is 0. The highest BCUT2D eigenvalue weighted by Gasteiger charge is 2.83. The van der Waals surface area contributed by atoms with Gasteiger partial charge in [0.05, 0.1) is 6.61 Å². The molecule has 0 saturated heterocycles. The first-order chi connectivity index (χ1) is 21.2. The highest BCUT2D eigenvalue weighted by Crippen LogP contribution is 2.50. The summed E-state index contributed by atoms with van der Waals surface area (Å²) in [5, 5.41) is -11.0. The Hall–Kier alpha value is -2.86. The van der Waals surface area contributed by atoms with Crippen molar-refractivity contribution in [2.75, 3.05) is 13.2 Å².